The van der Waals surface area contributed by atoms with Gasteiger partial charge in [0.05, 0.1) is 7.11 Å². The molecule has 0 bridgehead atoms. The number of nitrogens with one attached hydrogen (secondary N) is 1. The van der Waals surface area contributed by atoms with Gasteiger partial charge in [-0.15, -0.1) is 0 Å². The molecule has 1 aliphatic heterocycles. The number of hydrogen-bond donors (Lipinski definition) is 1. The highest BCUT2D eigenvalue weighted by Crippen LogP contribution is 2.09. The molecular weight excluding hydrogens is 146 g/mol. The number of carbonyl (C=O) groups is 2. The summed E-state index contributed by atoms with van der Waals surface area (Å²) < 4.78 is 4.38. The summed E-state index contributed by atoms with van der Waals surface area (Å²) in [5.41, 5.74) is 0.641. The van der Waals surface area contributed by atoms with Crippen molar-refractivity contribution >= 4 is 11.9 Å². The van der Waals surface area contributed by atoms with E-state index in [1.165, 1.54) is 13.2 Å². The number of hydrogen-bond acceptors (Lipinski definition) is 3. The van der Waals surface area contributed by atoms with Crippen molar-refractivity contribution in [2.45, 2.75) is 12.8 Å². The number of ether oxygens (including phenoxy) is 1. The second kappa shape index (κ2) is 3.18. The van der Waals surface area contributed by atoms with Gasteiger partial charge in [-0.2, -0.15) is 0 Å². The van der Waals surface area contributed by atoms with Gasteiger partial charge in [-0.25, -0.2) is 4.79 Å². The first-order chi connectivity index (χ1) is 5.22. The maximum atomic E-state index is 10.6. The average Bonchev–Trinajstić information content (AvgIpc) is 2.35. The van der Waals surface area contributed by atoms with Crippen molar-refractivity contribution in [1.82, 2.24) is 5.32 Å². The average molecular weight is 155 g/mol. The van der Waals surface area contributed by atoms with Gasteiger partial charge in [-0.05, 0) is 6.42 Å². The van der Waals surface area contributed by atoms with Crippen LogP contribution in [-0.2, 0) is 14.3 Å². The van der Waals surface area contributed by atoms with Crippen LogP contribution in [0, 0.1) is 0 Å². The minimum atomic E-state index is -0.429. The second-order valence-corrected chi connectivity index (χ2v) is 2.24. The molecule has 0 saturated carbocycles. The Labute approximate surface area is 64.2 Å². The Morgan fingerprint density at radius 3 is 2.82 bits per heavy atom. The van der Waals surface area contributed by atoms with E-state index in [0.717, 1.165) is 0 Å². The van der Waals surface area contributed by atoms with E-state index >= 15 is 0 Å². The maximum absolute atomic E-state index is 10.6. The van der Waals surface area contributed by atoms with Crippen molar-refractivity contribution in [3.05, 3.63) is 11.8 Å². The summed E-state index contributed by atoms with van der Waals surface area (Å²) in [5, 5.41) is 2.54. The van der Waals surface area contributed by atoms with Crippen LogP contribution >= 0.6 is 0 Å². The number of rotatable bonds is 1. The molecule has 1 aliphatic rings. The molecule has 4 heteroatoms. The summed E-state index contributed by atoms with van der Waals surface area (Å²) in [6.45, 7) is 0. The summed E-state index contributed by atoms with van der Waals surface area (Å²) in [6.07, 6.45) is 2.36. The fourth-order valence-corrected chi connectivity index (χ4v) is 0.862. The molecule has 11 heavy (non-hydrogen) atoms. The van der Waals surface area contributed by atoms with E-state index in [1.807, 2.05) is 0 Å². The Bertz CT molecular complexity index is 220. The molecule has 0 aromatic carbocycles. The summed E-state index contributed by atoms with van der Waals surface area (Å²) >= 11 is 0. The minimum Gasteiger partial charge on any atom is -0.466 e. The summed E-state index contributed by atoms with van der Waals surface area (Å²) in [7, 11) is 1.30. The SMILES string of the molecule is COC(=O)/C=C1/CCC(=O)N1. The topological polar surface area (TPSA) is 55.4 Å². The van der Waals surface area contributed by atoms with Crippen LogP contribution in [0.15, 0.2) is 11.8 Å². The second-order valence-electron chi connectivity index (χ2n) is 2.24. The standard InChI is InChI=1S/C7H9NO3/c1-11-7(10)4-5-2-3-6(9)8-5/h4H,2-3H2,1H3,(H,8,9)/b5-4-. The van der Waals surface area contributed by atoms with Gasteiger partial charge in [0.2, 0.25) is 5.91 Å². The molecule has 0 aromatic heterocycles. The van der Waals surface area contributed by atoms with Gasteiger partial charge in [0.15, 0.2) is 0 Å². The van der Waals surface area contributed by atoms with Crippen LogP contribution in [0.25, 0.3) is 0 Å². The van der Waals surface area contributed by atoms with Gasteiger partial charge in [0.25, 0.3) is 0 Å². The van der Waals surface area contributed by atoms with E-state index in [4.69, 9.17) is 0 Å². The third kappa shape index (κ3) is 2.07. The van der Waals surface area contributed by atoms with Gasteiger partial charge in [0.1, 0.15) is 0 Å². The zero-order valence-corrected chi connectivity index (χ0v) is 6.22. The molecule has 1 amide bonds. The molecule has 1 fully saturated rings. The van der Waals surface area contributed by atoms with Gasteiger partial charge in [-0.1, -0.05) is 0 Å². The highest BCUT2D eigenvalue weighted by Gasteiger charge is 2.14. The first-order valence-electron chi connectivity index (χ1n) is 3.31. The molecule has 0 aromatic rings. The molecule has 0 spiro atoms. The Hall–Kier alpha value is -1.32. The molecule has 0 unspecified atom stereocenters. The molecule has 0 aliphatic carbocycles. The molecule has 4 nitrogen and oxygen atoms in total. The number of carbonyl (C=O) groups excluding carboxylic acids is 2. The summed E-state index contributed by atoms with van der Waals surface area (Å²) in [5.74, 6) is -0.470. The number of methoxy groups -OCH3 is 1. The number of amides is 1. The Morgan fingerprint density at radius 1 is 1.64 bits per heavy atom. The van der Waals surface area contributed by atoms with E-state index < -0.39 is 5.97 Å². The highest BCUT2D eigenvalue weighted by atomic mass is 16.5. The van der Waals surface area contributed by atoms with Gasteiger partial charge in [-0.3, -0.25) is 4.79 Å². The van der Waals surface area contributed by atoms with Crippen LogP contribution in [-0.4, -0.2) is 19.0 Å². The van der Waals surface area contributed by atoms with Crippen LogP contribution in [0.2, 0.25) is 0 Å². The fraction of sp³-hybridized carbons (Fsp3) is 0.429. The lowest BCUT2D eigenvalue weighted by Crippen LogP contribution is -2.13. The van der Waals surface area contributed by atoms with Crippen molar-refractivity contribution in [2.75, 3.05) is 7.11 Å². The Kier molecular flexibility index (Phi) is 2.25. The van der Waals surface area contributed by atoms with Gasteiger partial charge < -0.3 is 10.1 Å². The Balaban J connectivity index is 2.54. The molecule has 1 heterocycles. The van der Waals surface area contributed by atoms with E-state index in [1.54, 1.807) is 0 Å². The van der Waals surface area contributed by atoms with Gasteiger partial charge in [0, 0.05) is 18.2 Å². The lowest BCUT2D eigenvalue weighted by molar-refractivity contribution is -0.134. The Morgan fingerprint density at radius 2 is 2.36 bits per heavy atom. The molecule has 60 valence electrons. The molecule has 1 N–H and O–H groups in total. The molecule has 0 radical (unpaired) electrons. The molecule has 0 atom stereocenters. The highest BCUT2D eigenvalue weighted by molar-refractivity contribution is 5.87. The number of esters is 1. The predicted octanol–water partition coefficient (Wildman–Crippen LogP) is -0.0467. The van der Waals surface area contributed by atoms with Crippen LogP contribution in [0.1, 0.15) is 12.8 Å². The van der Waals surface area contributed by atoms with Crippen LogP contribution in [0.5, 0.6) is 0 Å². The zero-order valence-electron chi connectivity index (χ0n) is 6.22. The molecule has 1 saturated heterocycles. The third-order valence-electron chi connectivity index (χ3n) is 1.41. The van der Waals surface area contributed by atoms with Crippen LogP contribution < -0.4 is 5.32 Å². The van der Waals surface area contributed by atoms with E-state index in [9.17, 15) is 9.59 Å². The van der Waals surface area contributed by atoms with E-state index in [0.29, 0.717) is 18.5 Å². The predicted molar refractivity (Wildman–Crippen MR) is 37.5 cm³/mol. The largest absolute Gasteiger partial charge is 0.466 e. The minimum absolute atomic E-state index is 0.0415. The smallest absolute Gasteiger partial charge is 0.332 e. The normalized spacial score (nSPS) is 20.1. The lowest BCUT2D eigenvalue weighted by Gasteiger charge is -1.94. The zero-order chi connectivity index (χ0) is 8.27. The van der Waals surface area contributed by atoms with Crippen molar-refractivity contribution < 1.29 is 14.3 Å². The van der Waals surface area contributed by atoms with Crippen LogP contribution in [0.4, 0.5) is 0 Å². The summed E-state index contributed by atoms with van der Waals surface area (Å²) in [4.78, 5) is 21.2. The molecular formula is C7H9NO3. The monoisotopic (exact) mass is 155 g/mol. The van der Waals surface area contributed by atoms with E-state index in [2.05, 4.69) is 10.1 Å². The summed E-state index contributed by atoms with van der Waals surface area (Å²) in [6, 6.07) is 0. The van der Waals surface area contributed by atoms with Crippen molar-refractivity contribution in [3.8, 4) is 0 Å². The fourth-order valence-electron chi connectivity index (χ4n) is 0.862. The van der Waals surface area contributed by atoms with Crippen molar-refractivity contribution in [2.24, 2.45) is 0 Å². The molecule has 1 rings (SSSR count). The van der Waals surface area contributed by atoms with Gasteiger partial charge >= 0.3 is 5.97 Å². The van der Waals surface area contributed by atoms with E-state index in [-0.39, 0.29) is 5.91 Å². The quantitative estimate of drug-likeness (QED) is 0.426. The first-order valence-corrected chi connectivity index (χ1v) is 3.31. The first kappa shape index (κ1) is 7.78. The lowest BCUT2D eigenvalue weighted by atomic mass is 10.3. The maximum Gasteiger partial charge on any atom is 0.332 e. The van der Waals surface area contributed by atoms with Crippen molar-refractivity contribution in [3.63, 3.8) is 0 Å². The number of allylic oxidation sites excluding steroid dienone is 1. The third-order valence-corrected chi connectivity index (χ3v) is 1.41. The van der Waals surface area contributed by atoms with Crippen molar-refractivity contribution in [1.29, 1.82) is 0 Å². The van der Waals surface area contributed by atoms with Crippen LogP contribution in [0.3, 0.4) is 0 Å².